The molecule has 0 saturated heterocycles. The van der Waals surface area contributed by atoms with Gasteiger partial charge in [-0.15, -0.1) is 0 Å². The number of rotatable bonds is 5. The molecule has 0 heterocycles. The molecule has 2 aromatic carbocycles. The minimum Gasteiger partial charge on any atom is -0.445 e. The van der Waals surface area contributed by atoms with E-state index in [1.807, 2.05) is 30.3 Å². The van der Waals surface area contributed by atoms with Crippen molar-refractivity contribution in [3.05, 3.63) is 77.1 Å². The second-order valence-electron chi connectivity index (χ2n) is 4.61. The Morgan fingerprint density at radius 3 is 2.52 bits per heavy atom. The van der Waals surface area contributed by atoms with E-state index in [0.29, 0.717) is 0 Å². The lowest BCUT2D eigenvalue weighted by atomic mass is 10.2. The van der Waals surface area contributed by atoms with E-state index in [-0.39, 0.29) is 18.7 Å². The van der Waals surface area contributed by atoms with Gasteiger partial charge in [0, 0.05) is 12.1 Å². The van der Waals surface area contributed by atoms with Crippen LogP contribution in [0.4, 0.5) is 18.0 Å². The van der Waals surface area contributed by atoms with Gasteiger partial charge in [0.15, 0.2) is 17.5 Å². The molecule has 2 rings (SSSR count). The fourth-order valence-electron chi connectivity index (χ4n) is 1.77. The zero-order valence-corrected chi connectivity index (χ0v) is 12.1. The summed E-state index contributed by atoms with van der Waals surface area (Å²) in [5.74, 6) is -4.04. The number of nitrogens with one attached hydrogen (secondary N) is 1. The number of carbonyl (C=O) groups excluding carboxylic acids is 1. The molecule has 0 bridgehead atoms. The predicted octanol–water partition coefficient (Wildman–Crippen LogP) is 4.04. The number of carbonyl (C=O) groups is 1. The number of hydrogen-bond donors (Lipinski definition) is 1. The van der Waals surface area contributed by atoms with Crippen molar-refractivity contribution in [3.63, 3.8) is 0 Å². The SMILES string of the molecule is O=C(NCC=Cc1ccc(F)c(F)c1F)OCc1ccccc1. The smallest absolute Gasteiger partial charge is 0.407 e. The molecule has 0 atom stereocenters. The van der Waals surface area contributed by atoms with Crippen LogP contribution in [0.3, 0.4) is 0 Å². The quantitative estimate of drug-likeness (QED) is 0.844. The van der Waals surface area contributed by atoms with E-state index in [4.69, 9.17) is 4.74 Å². The van der Waals surface area contributed by atoms with Gasteiger partial charge in [0.1, 0.15) is 6.61 Å². The Bertz CT molecular complexity index is 702. The molecule has 0 aliphatic rings. The maximum atomic E-state index is 13.4. The Morgan fingerprint density at radius 2 is 1.78 bits per heavy atom. The minimum absolute atomic E-state index is 0.0616. The Hall–Kier alpha value is -2.76. The lowest BCUT2D eigenvalue weighted by Gasteiger charge is -2.05. The van der Waals surface area contributed by atoms with Gasteiger partial charge in [-0.2, -0.15) is 0 Å². The molecular weight excluding hydrogens is 307 g/mol. The van der Waals surface area contributed by atoms with Crippen molar-refractivity contribution >= 4 is 12.2 Å². The number of hydrogen-bond acceptors (Lipinski definition) is 2. The molecule has 120 valence electrons. The maximum Gasteiger partial charge on any atom is 0.407 e. The summed E-state index contributed by atoms with van der Waals surface area (Å²) in [7, 11) is 0. The largest absolute Gasteiger partial charge is 0.445 e. The van der Waals surface area contributed by atoms with Crippen LogP contribution in [0.25, 0.3) is 6.08 Å². The highest BCUT2D eigenvalue weighted by Crippen LogP contribution is 2.16. The third-order valence-electron chi connectivity index (χ3n) is 2.94. The zero-order chi connectivity index (χ0) is 16.7. The Balaban J connectivity index is 1.78. The van der Waals surface area contributed by atoms with Crippen LogP contribution in [0, 0.1) is 17.5 Å². The van der Waals surface area contributed by atoms with E-state index >= 15 is 0 Å². The summed E-state index contributed by atoms with van der Waals surface area (Å²) in [5, 5.41) is 2.43. The van der Waals surface area contributed by atoms with E-state index in [2.05, 4.69) is 5.32 Å². The van der Waals surface area contributed by atoms with E-state index in [1.165, 1.54) is 12.2 Å². The first-order valence-electron chi connectivity index (χ1n) is 6.82. The van der Waals surface area contributed by atoms with Crippen LogP contribution in [0.5, 0.6) is 0 Å². The zero-order valence-electron chi connectivity index (χ0n) is 12.1. The van der Waals surface area contributed by atoms with E-state index < -0.39 is 23.5 Å². The first kappa shape index (κ1) is 16.6. The molecule has 0 aliphatic carbocycles. The third-order valence-corrected chi connectivity index (χ3v) is 2.94. The van der Waals surface area contributed by atoms with Crippen molar-refractivity contribution < 1.29 is 22.7 Å². The summed E-state index contributed by atoms with van der Waals surface area (Å²) in [6.07, 6.45) is 2.01. The first-order chi connectivity index (χ1) is 11.1. The van der Waals surface area contributed by atoms with Gasteiger partial charge >= 0.3 is 6.09 Å². The van der Waals surface area contributed by atoms with Crippen LogP contribution in [0.2, 0.25) is 0 Å². The molecule has 0 saturated carbocycles. The molecule has 0 fully saturated rings. The van der Waals surface area contributed by atoms with Crippen molar-refractivity contribution in [2.24, 2.45) is 0 Å². The third kappa shape index (κ3) is 4.88. The summed E-state index contributed by atoms with van der Waals surface area (Å²) in [4.78, 5) is 11.4. The summed E-state index contributed by atoms with van der Waals surface area (Å²) >= 11 is 0. The lowest BCUT2D eigenvalue weighted by Crippen LogP contribution is -2.24. The van der Waals surface area contributed by atoms with Crippen molar-refractivity contribution in [1.82, 2.24) is 5.32 Å². The van der Waals surface area contributed by atoms with Gasteiger partial charge in [0.2, 0.25) is 0 Å². The van der Waals surface area contributed by atoms with Crippen molar-refractivity contribution in [2.75, 3.05) is 6.54 Å². The van der Waals surface area contributed by atoms with Crippen LogP contribution in [-0.2, 0) is 11.3 Å². The summed E-state index contributed by atoms with van der Waals surface area (Å²) in [6.45, 7) is 0.195. The van der Waals surface area contributed by atoms with Gasteiger partial charge in [-0.1, -0.05) is 42.5 Å². The standard InChI is InChI=1S/C17H14F3NO2/c18-14-9-8-13(15(19)16(14)20)7-4-10-21-17(22)23-11-12-5-2-1-3-6-12/h1-9H,10-11H2,(H,21,22). The Kier molecular flexibility index (Phi) is 5.80. The van der Waals surface area contributed by atoms with Crippen LogP contribution in [0.15, 0.2) is 48.5 Å². The number of amides is 1. The second kappa shape index (κ2) is 8.03. The highest BCUT2D eigenvalue weighted by Gasteiger charge is 2.11. The molecular formula is C17H14F3NO2. The van der Waals surface area contributed by atoms with Crippen LogP contribution in [0.1, 0.15) is 11.1 Å². The van der Waals surface area contributed by atoms with Gasteiger partial charge < -0.3 is 10.1 Å². The lowest BCUT2D eigenvalue weighted by molar-refractivity contribution is 0.141. The average molecular weight is 321 g/mol. The average Bonchev–Trinajstić information content (AvgIpc) is 2.57. The molecule has 0 unspecified atom stereocenters. The molecule has 0 aliphatic heterocycles. The van der Waals surface area contributed by atoms with Crippen LogP contribution < -0.4 is 5.32 Å². The molecule has 23 heavy (non-hydrogen) atoms. The van der Waals surface area contributed by atoms with Gasteiger partial charge in [-0.25, -0.2) is 18.0 Å². The Morgan fingerprint density at radius 1 is 1.04 bits per heavy atom. The van der Waals surface area contributed by atoms with Crippen molar-refractivity contribution in [3.8, 4) is 0 Å². The summed E-state index contributed by atoms with van der Waals surface area (Å²) in [5.41, 5.74) is 0.741. The Labute approximate surface area is 131 Å². The van der Waals surface area contributed by atoms with E-state index in [9.17, 15) is 18.0 Å². The van der Waals surface area contributed by atoms with Crippen LogP contribution >= 0.6 is 0 Å². The van der Waals surface area contributed by atoms with Gasteiger partial charge in [0.25, 0.3) is 0 Å². The molecule has 0 spiro atoms. The summed E-state index contributed by atoms with van der Waals surface area (Å²) < 4.78 is 44.1. The molecule has 2 aromatic rings. The normalized spacial score (nSPS) is 10.7. The number of alkyl carbamates (subject to hydrolysis) is 1. The van der Waals surface area contributed by atoms with Gasteiger partial charge in [0.05, 0.1) is 0 Å². The first-order valence-corrected chi connectivity index (χ1v) is 6.82. The molecule has 3 nitrogen and oxygen atoms in total. The van der Waals surface area contributed by atoms with Crippen LogP contribution in [-0.4, -0.2) is 12.6 Å². The second-order valence-corrected chi connectivity index (χ2v) is 4.61. The van der Waals surface area contributed by atoms with E-state index in [1.54, 1.807) is 0 Å². The van der Waals surface area contributed by atoms with Crippen molar-refractivity contribution in [2.45, 2.75) is 6.61 Å². The highest BCUT2D eigenvalue weighted by molar-refractivity contribution is 5.67. The van der Waals surface area contributed by atoms with E-state index in [0.717, 1.165) is 17.7 Å². The fourth-order valence-corrected chi connectivity index (χ4v) is 1.77. The van der Waals surface area contributed by atoms with Gasteiger partial charge in [-0.05, 0) is 17.7 Å². The maximum absolute atomic E-state index is 13.4. The molecule has 6 heteroatoms. The fraction of sp³-hybridized carbons (Fsp3) is 0.118. The van der Waals surface area contributed by atoms with Gasteiger partial charge in [-0.3, -0.25) is 0 Å². The number of benzene rings is 2. The highest BCUT2D eigenvalue weighted by atomic mass is 19.2. The monoisotopic (exact) mass is 321 g/mol. The topological polar surface area (TPSA) is 38.3 Å². The van der Waals surface area contributed by atoms with Crippen molar-refractivity contribution in [1.29, 1.82) is 0 Å². The number of ether oxygens (including phenoxy) is 1. The molecule has 0 radical (unpaired) electrons. The minimum atomic E-state index is -1.53. The molecule has 0 aromatic heterocycles. The molecule has 1 amide bonds. The summed E-state index contributed by atoms with van der Waals surface area (Å²) in [6, 6.07) is 11.1. The number of halogens is 3. The predicted molar refractivity (Wildman–Crippen MR) is 80.0 cm³/mol. The molecule has 1 N–H and O–H groups in total.